The molecule has 0 radical (unpaired) electrons. The van der Waals surface area contributed by atoms with Crippen LogP contribution >= 0.6 is 11.3 Å². The van der Waals surface area contributed by atoms with Crippen molar-refractivity contribution < 1.29 is 19.1 Å². The molecule has 2 aromatic rings. The van der Waals surface area contributed by atoms with E-state index in [1.807, 2.05) is 17.5 Å². The zero-order valence-electron chi connectivity index (χ0n) is 9.25. The summed E-state index contributed by atoms with van der Waals surface area (Å²) in [7, 11) is 1.28. The van der Waals surface area contributed by atoms with Crippen LogP contribution in [-0.4, -0.2) is 18.2 Å². The van der Waals surface area contributed by atoms with Crippen LogP contribution in [0.3, 0.4) is 0 Å². The van der Waals surface area contributed by atoms with Crippen molar-refractivity contribution in [2.45, 2.75) is 12.5 Å². The molecular weight excluding hydrogens is 240 g/mol. The Morgan fingerprint density at radius 2 is 2.35 bits per heavy atom. The van der Waals surface area contributed by atoms with Crippen LogP contribution in [0.1, 0.15) is 27.3 Å². The number of hydrogen-bond acceptors (Lipinski definition) is 5. The predicted molar refractivity (Wildman–Crippen MR) is 63.0 cm³/mol. The van der Waals surface area contributed by atoms with Crippen molar-refractivity contribution in [3.8, 4) is 0 Å². The molecule has 0 saturated carbocycles. The molecule has 0 amide bonds. The van der Waals surface area contributed by atoms with Crippen molar-refractivity contribution in [3.05, 3.63) is 46.0 Å². The molecule has 0 saturated heterocycles. The summed E-state index contributed by atoms with van der Waals surface area (Å²) in [4.78, 5) is 12.2. The topological polar surface area (TPSA) is 59.7 Å². The van der Waals surface area contributed by atoms with E-state index in [-0.39, 0.29) is 5.76 Å². The number of aliphatic hydroxyl groups excluding tert-OH is 1. The molecule has 4 nitrogen and oxygen atoms in total. The van der Waals surface area contributed by atoms with Crippen molar-refractivity contribution in [2.24, 2.45) is 0 Å². The number of furan rings is 1. The Kier molecular flexibility index (Phi) is 3.61. The van der Waals surface area contributed by atoms with E-state index in [0.29, 0.717) is 12.2 Å². The van der Waals surface area contributed by atoms with E-state index in [1.54, 1.807) is 17.4 Å². The second kappa shape index (κ2) is 5.16. The van der Waals surface area contributed by atoms with E-state index in [0.717, 1.165) is 4.88 Å². The zero-order chi connectivity index (χ0) is 12.3. The molecular formula is C12H12O4S. The fourth-order valence-electron chi connectivity index (χ4n) is 1.46. The zero-order valence-corrected chi connectivity index (χ0v) is 10.1. The minimum atomic E-state index is -0.743. The Bertz CT molecular complexity index is 486. The summed E-state index contributed by atoms with van der Waals surface area (Å²) in [6.45, 7) is 0. The largest absolute Gasteiger partial charge is 0.463 e. The maximum absolute atomic E-state index is 11.2. The van der Waals surface area contributed by atoms with Crippen molar-refractivity contribution in [3.63, 3.8) is 0 Å². The van der Waals surface area contributed by atoms with Gasteiger partial charge in [-0.1, -0.05) is 6.07 Å². The van der Waals surface area contributed by atoms with Crippen LogP contribution in [0, 0.1) is 0 Å². The maximum atomic E-state index is 11.2. The Labute approximate surface area is 102 Å². The van der Waals surface area contributed by atoms with Crippen molar-refractivity contribution in [1.82, 2.24) is 0 Å². The number of rotatable bonds is 4. The molecule has 0 bridgehead atoms. The van der Waals surface area contributed by atoms with E-state index < -0.39 is 12.1 Å². The number of ether oxygens (including phenoxy) is 1. The summed E-state index contributed by atoms with van der Waals surface area (Å²) >= 11 is 1.57. The summed E-state index contributed by atoms with van der Waals surface area (Å²) in [5.74, 6) is -0.0638. The molecule has 1 N–H and O–H groups in total. The molecule has 5 heteroatoms. The highest BCUT2D eigenvalue weighted by atomic mass is 32.1. The lowest BCUT2D eigenvalue weighted by molar-refractivity contribution is 0.0555. The van der Waals surface area contributed by atoms with Gasteiger partial charge in [0.1, 0.15) is 11.9 Å². The van der Waals surface area contributed by atoms with Gasteiger partial charge < -0.3 is 14.3 Å². The number of hydrogen-bond donors (Lipinski definition) is 1. The summed E-state index contributed by atoms with van der Waals surface area (Å²) in [5.41, 5.74) is 0. The average Bonchev–Trinajstić information content (AvgIpc) is 2.98. The molecule has 2 aromatic heterocycles. The molecule has 2 heterocycles. The molecule has 0 aliphatic heterocycles. The minimum absolute atomic E-state index is 0.104. The first kappa shape index (κ1) is 11.9. The van der Waals surface area contributed by atoms with Crippen molar-refractivity contribution in [1.29, 1.82) is 0 Å². The molecule has 1 atom stereocenters. The maximum Gasteiger partial charge on any atom is 0.373 e. The normalized spacial score (nSPS) is 12.4. The highest BCUT2D eigenvalue weighted by Crippen LogP contribution is 2.23. The minimum Gasteiger partial charge on any atom is -0.463 e. The van der Waals surface area contributed by atoms with Crippen molar-refractivity contribution in [2.75, 3.05) is 7.11 Å². The molecule has 0 aliphatic rings. The molecule has 1 unspecified atom stereocenters. The van der Waals surface area contributed by atoms with Gasteiger partial charge >= 0.3 is 5.97 Å². The van der Waals surface area contributed by atoms with E-state index in [9.17, 15) is 9.90 Å². The Morgan fingerprint density at radius 3 is 3.00 bits per heavy atom. The van der Waals surface area contributed by atoms with Crippen LogP contribution in [-0.2, 0) is 11.2 Å². The monoisotopic (exact) mass is 252 g/mol. The number of carbonyl (C=O) groups excluding carboxylic acids is 1. The second-order valence-corrected chi connectivity index (χ2v) is 4.53. The van der Waals surface area contributed by atoms with Gasteiger partial charge in [0.05, 0.1) is 7.11 Å². The number of methoxy groups -OCH3 is 1. The standard InChI is InChI=1S/C12H12O4S/c1-15-12(14)11-5-4-10(16-11)9(13)7-8-3-2-6-17-8/h2-6,9,13H,7H2,1H3. The van der Waals surface area contributed by atoms with Gasteiger partial charge in [-0.15, -0.1) is 11.3 Å². The van der Waals surface area contributed by atoms with Gasteiger partial charge in [-0.05, 0) is 23.6 Å². The fraction of sp³-hybridized carbons (Fsp3) is 0.250. The highest BCUT2D eigenvalue weighted by Gasteiger charge is 2.17. The van der Waals surface area contributed by atoms with Crippen LogP contribution in [0.5, 0.6) is 0 Å². The first-order valence-corrected chi connectivity index (χ1v) is 5.97. The second-order valence-electron chi connectivity index (χ2n) is 3.49. The van der Waals surface area contributed by atoms with E-state index in [1.165, 1.54) is 13.2 Å². The lowest BCUT2D eigenvalue weighted by Gasteiger charge is -2.05. The SMILES string of the molecule is COC(=O)c1ccc(C(O)Cc2cccs2)o1. The Hall–Kier alpha value is -1.59. The molecule has 0 aromatic carbocycles. The van der Waals surface area contributed by atoms with Crippen LogP contribution in [0.4, 0.5) is 0 Å². The summed E-state index contributed by atoms with van der Waals surface area (Å²) in [6, 6.07) is 6.95. The van der Waals surface area contributed by atoms with Crippen LogP contribution in [0.15, 0.2) is 34.1 Å². The van der Waals surface area contributed by atoms with Gasteiger partial charge in [0.2, 0.25) is 5.76 Å². The lowest BCUT2D eigenvalue weighted by atomic mass is 10.2. The van der Waals surface area contributed by atoms with Gasteiger partial charge in [0, 0.05) is 11.3 Å². The quantitative estimate of drug-likeness (QED) is 0.849. The van der Waals surface area contributed by atoms with E-state index in [2.05, 4.69) is 4.74 Å². The summed E-state index contributed by atoms with van der Waals surface area (Å²) in [5, 5.41) is 11.9. The number of aliphatic hydroxyl groups is 1. The molecule has 0 aliphatic carbocycles. The Morgan fingerprint density at radius 1 is 1.53 bits per heavy atom. The highest BCUT2D eigenvalue weighted by molar-refractivity contribution is 7.09. The summed E-state index contributed by atoms with van der Waals surface area (Å²) < 4.78 is 9.75. The third kappa shape index (κ3) is 2.75. The first-order chi connectivity index (χ1) is 8.20. The smallest absolute Gasteiger partial charge is 0.373 e. The van der Waals surface area contributed by atoms with Crippen molar-refractivity contribution >= 4 is 17.3 Å². The molecule has 0 fully saturated rings. The number of carbonyl (C=O) groups is 1. The predicted octanol–water partition coefficient (Wildman–Crippen LogP) is 2.40. The lowest BCUT2D eigenvalue weighted by Crippen LogP contribution is -2.00. The summed E-state index contributed by atoms with van der Waals surface area (Å²) in [6.07, 6.45) is -0.265. The third-order valence-electron chi connectivity index (χ3n) is 2.32. The average molecular weight is 252 g/mol. The van der Waals surface area contributed by atoms with Crippen LogP contribution in [0.25, 0.3) is 0 Å². The first-order valence-electron chi connectivity index (χ1n) is 5.09. The molecule has 90 valence electrons. The van der Waals surface area contributed by atoms with Gasteiger partial charge in [-0.2, -0.15) is 0 Å². The van der Waals surface area contributed by atoms with E-state index in [4.69, 9.17) is 4.42 Å². The molecule has 0 spiro atoms. The van der Waals surface area contributed by atoms with Gasteiger partial charge in [-0.25, -0.2) is 4.79 Å². The van der Waals surface area contributed by atoms with Gasteiger partial charge in [0.25, 0.3) is 0 Å². The number of esters is 1. The Balaban J connectivity index is 2.07. The van der Waals surface area contributed by atoms with Crippen LogP contribution < -0.4 is 0 Å². The molecule has 2 rings (SSSR count). The van der Waals surface area contributed by atoms with E-state index >= 15 is 0 Å². The molecule has 17 heavy (non-hydrogen) atoms. The number of thiophene rings is 1. The fourth-order valence-corrected chi connectivity index (χ4v) is 2.21. The van der Waals surface area contributed by atoms with Crippen LogP contribution in [0.2, 0.25) is 0 Å². The van der Waals surface area contributed by atoms with Gasteiger partial charge in [-0.3, -0.25) is 0 Å². The third-order valence-corrected chi connectivity index (χ3v) is 3.22. The van der Waals surface area contributed by atoms with Gasteiger partial charge in [0.15, 0.2) is 0 Å².